The summed E-state index contributed by atoms with van der Waals surface area (Å²) < 4.78 is 4.35. The number of rotatable bonds is 0. The third-order valence-electron chi connectivity index (χ3n) is 2.89. The molecule has 0 atom stereocenters. The number of para-hydroxylation sites is 1. The summed E-state index contributed by atoms with van der Waals surface area (Å²) in [4.78, 5) is 14.2. The van der Waals surface area contributed by atoms with Crippen LogP contribution in [0.3, 0.4) is 0 Å². The van der Waals surface area contributed by atoms with Crippen molar-refractivity contribution in [1.29, 1.82) is 0 Å². The molecular weight excluding hydrogens is 565 g/mol. The van der Waals surface area contributed by atoms with Crippen LogP contribution >= 0.6 is 9.42 Å². The molecule has 2 aromatic carbocycles. The predicted molar refractivity (Wildman–Crippen MR) is 113 cm³/mol. The van der Waals surface area contributed by atoms with Gasteiger partial charge in [-0.05, 0) is 32.2 Å². The average molecular weight is 592 g/mol. The molecule has 0 aliphatic heterocycles. The van der Waals surface area contributed by atoms with Crippen LogP contribution in [-0.4, -0.2) is 34.1 Å². The van der Waals surface area contributed by atoms with Gasteiger partial charge in [0.2, 0.25) is 0 Å². The van der Waals surface area contributed by atoms with Crippen LogP contribution in [0.1, 0.15) is 20.8 Å². The van der Waals surface area contributed by atoms with Gasteiger partial charge < -0.3 is 27.3 Å². The van der Waals surface area contributed by atoms with Gasteiger partial charge in [0.25, 0.3) is 0 Å². The topological polar surface area (TPSA) is 147 Å². The second-order valence-corrected chi connectivity index (χ2v) is 5.84. The van der Waals surface area contributed by atoms with Crippen molar-refractivity contribution in [2.75, 3.05) is 7.11 Å². The molecule has 161 valence electrons. The van der Waals surface area contributed by atoms with Gasteiger partial charge in [-0.3, -0.25) is 4.98 Å². The summed E-state index contributed by atoms with van der Waals surface area (Å²) in [5, 5.41) is 18.7. The van der Waals surface area contributed by atoms with E-state index in [0.29, 0.717) is 0 Å². The Morgan fingerprint density at radius 2 is 1.43 bits per heavy atom. The summed E-state index contributed by atoms with van der Waals surface area (Å²) in [5.41, 5.74) is 0.484. The second-order valence-electron chi connectivity index (χ2n) is 5.84. The largest absolute Gasteiger partial charge is 0.693 e. The number of nitrogens with two attached hydrogens (primary N) is 2. The van der Waals surface area contributed by atoms with Crippen LogP contribution in [0.2, 0.25) is 0 Å². The van der Waals surface area contributed by atoms with E-state index < -0.39 is 11.8 Å². The minimum atomic E-state index is -1.22. The normalized spacial score (nSPS) is 9.00. The maximum Gasteiger partial charge on any atom is 0.0708 e. The number of hydrogen-bond donors (Lipinski definition) is 2. The molecule has 9 heteroatoms. The van der Waals surface area contributed by atoms with E-state index in [1.807, 2.05) is 24.4 Å². The Morgan fingerprint density at radius 1 is 0.964 bits per heavy atom. The molecule has 1 heterocycles. The van der Waals surface area contributed by atoms with Crippen molar-refractivity contribution in [3.8, 4) is 0 Å². The molecule has 0 fully saturated rings. The molecule has 3 aromatic rings. The zero-order chi connectivity index (χ0) is 20.2. The maximum atomic E-state index is 9.79. The first-order valence-corrected chi connectivity index (χ1v) is 10.4. The molecule has 0 radical (unpaired) electrons. The zero-order valence-electron chi connectivity index (χ0n) is 16.2. The number of ether oxygens (including phenoxy) is 1. The van der Waals surface area contributed by atoms with Crippen molar-refractivity contribution in [1.82, 2.24) is 4.98 Å². The van der Waals surface area contributed by atoms with Gasteiger partial charge in [-0.25, -0.2) is 4.79 Å². The first kappa shape index (κ1) is 30.9. The maximum absolute atomic E-state index is 9.79. The Hall–Kier alpha value is -1.76. The number of aliphatic hydroxyl groups is 1. The first-order chi connectivity index (χ1) is 12.4. The van der Waals surface area contributed by atoms with Crippen LogP contribution in [0.4, 0.5) is 4.79 Å². The number of pyridine rings is 1. The molecule has 0 saturated carbocycles. The number of aromatic nitrogens is 1. The SMILES string of the molecule is CC(C)(C)OC(=O)O.CO.[Cl][Pt].[NH2-].[NH2-].c1ccc2c(c1)cnc1ccccc12. The van der Waals surface area contributed by atoms with Crippen molar-refractivity contribution in [2.45, 2.75) is 26.4 Å². The molecule has 0 saturated heterocycles. The van der Waals surface area contributed by atoms with Crippen LogP contribution in [0.15, 0.2) is 54.7 Å². The Kier molecular flexibility index (Phi) is 17.9. The van der Waals surface area contributed by atoms with Gasteiger partial charge in [0.15, 0.2) is 0 Å². The summed E-state index contributed by atoms with van der Waals surface area (Å²) in [6, 6.07) is 16.6. The third kappa shape index (κ3) is 11.2. The van der Waals surface area contributed by atoms with E-state index in [2.05, 4.69) is 49.5 Å². The number of aliphatic hydroxyl groups excluding tert-OH is 1. The predicted octanol–water partition coefficient (Wildman–Crippen LogP) is 6.60. The Morgan fingerprint density at radius 3 is 1.89 bits per heavy atom. The van der Waals surface area contributed by atoms with E-state index in [9.17, 15) is 4.79 Å². The summed E-state index contributed by atoms with van der Waals surface area (Å²) in [5.74, 6) is 0. The quantitative estimate of drug-likeness (QED) is 0.223. The van der Waals surface area contributed by atoms with E-state index in [4.69, 9.17) is 10.2 Å². The number of carboxylic acid groups (broad SMARTS) is 1. The first-order valence-electron chi connectivity index (χ1n) is 7.58. The average Bonchev–Trinajstić information content (AvgIpc) is 2.63. The molecule has 1 aromatic heterocycles. The van der Waals surface area contributed by atoms with Crippen molar-refractivity contribution < 1.29 is 38.5 Å². The standard InChI is InChI=1S/C13H9N.C5H10O3.CH4O.ClH.2H2N.Pt/c1-2-6-11-10(5-1)9-14-13-8-4-3-7-12(11)13;1-5(2,3)8-4(6)7;1-2;;;;/h1-9H;1-3H3,(H,6,7);2H,1H3;1H;2*1H2;/q;;;;2*-1;+1/p-1. The molecule has 0 unspecified atom stereocenters. The summed E-state index contributed by atoms with van der Waals surface area (Å²) in [7, 11) is 5.61. The van der Waals surface area contributed by atoms with Gasteiger partial charge >= 0.3 is 34.3 Å². The van der Waals surface area contributed by atoms with Crippen molar-refractivity contribution >= 4 is 37.2 Å². The number of halogens is 1. The molecule has 6 N–H and O–H groups in total. The smallest absolute Gasteiger partial charge is 0.0708 e. The molecule has 0 aliphatic rings. The Balaban J connectivity index is -0.000000392. The number of nitrogens with zero attached hydrogens (tertiary/aromatic N) is 1. The van der Waals surface area contributed by atoms with Crippen LogP contribution in [0.25, 0.3) is 34.0 Å². The van der Waals surface area contributed by atoms with E-state index in [1.54, 1.807) is 39.5 Å². The number of benzene rings is 2. The van der Waals surface area contributed by atoms with E-state index >= 15 is 0 Å². The fourth-order valence-corrected chi connectivity index (χ4v) is 2.07. The molecule has 0 aliphatic carbocycles. The fraction of sp³-hybridized carbons (Fsp3) is 0.263. The van der Waals surface area contributed by atoms with E-state index in [0.717, 1.165) is 12.6 Å². The Bertz CT molecular complexity index is 759. The minimum Gasteiger partial charge on any atom is -0.693 e. The van der Waals surface area contributed by atoms with Gasteiger partial charge in [0.05, 0.1) is 5.52 Å². The molecule has 0 spiro atoms. The molecule has 3 rings (SSSR count). The van der Waals surface area contributed by atoms with E-state index in [1.165, 1.54) is 16.2 Å². The van der Waals surface area contributed by atoms with Gasteiger partial charge in [-0.2, -0.15) is 0 Å². The zero-order valence-corrected chi connectivity index (χ0v) is 19.2. The summed E-state index contributed by atoms with van der Waals surface area (Å²) in [6.07, 6.45) is 0.704. The fourth-order valence-electron chi connectivity index (χ4n) is 2.07. The van der Waals surface area contributed by atoms with Gasteiger partial charge in [0.1, 0.15) is 5.60 Å². The van der Waals surface area contributed by atoms with Crippen molar-refractivity contribution in [3.63, 3.8) is 0 Å². The van der Waals surface area contributed by atoms with Crippen molar-refractivity contribution in [2.24, 2.45) is 0 Å². The number of fused-ring (bicyclic) bond motifs is 3. The molecule has 0 amide bonds. The number of hydrogen-bond acceptors (Lipinski definition) is 4. The van der Waals surface area contributed by atoms with Crippen LogP contribution in [0, 0.1) is 0 Å². The molecule has 0 bridgehead atoms. The van der Waals surface area contributed by atoms with Crippen LogP contribution in [-0.2, 0) is 23.5 Å². The Labute approximate surface area is 181 Å². The summed E-state index contributed by atoms with van der Waals surface area (Å²) in [6.45, 7) is 5.04. The van der Waals surface area contributed by atoms with Crippen molar-refractivity contribution in [3.05, 3.63) is 67.0 Å². The summed E-state index contributed by atoms with van der Waals surface area (Å²) >= 11 is 1.61. The minimum absolute atomic E-state index is 0. The second kappa shape index (κ2) is 16.2. The molecule has 28 heavy (non-hydrogen) atoms. The monoisotopic (exact) mass is 591 g/mol. The van der Waals surface area contributed by atoms with E-state index in [-0.39, 0.29) is 12.3 Å². The third-order valence-corrected chi connectivity index (χ3v) is 2.89. The van der Waals surface area contributed by atoms with Gasteiger partial charge in [-0.1, -0.05) is 42.5 Å². The number of carbonyl (C=O) groups is 1. The molecule has 7 nitrogen and oxygen atoms in total. The van der Waals surface area contributed by atoms with Crippen LogP contribution < -0.4 is 0 Å². The van der Waals surface area contributed by atoms with Gasteiger partial charge in [-0.15, -0.1) is 0 Å². The molecular formula is C19H27ClN3O4Pt-2. The van der Waals surface area contributed by atoms with Gasteiger partial charge in [0, 0.05) is 24.1 Å². The van der Waals surface area contributed by atoms with Crippen LogP contribution in [0.5, 0.6) is 0 Å².